The molecule has 1 aliphatic rings. The Kier molecular flexibility index (Phi) is 5.97. The van der Waals surface area contributed by atoms with Gasteiger partial charge in [-0.15, -0.1) is 0 Å². The molecule has 0 atom stereocenters. The number of hydrogen-bond donors (Lipinski definition) is 1. The summed E-state index contributed by atoms with van der Waals surface area (Å²) in [5.74, 6) is 2.19. The third kappa shape index (κ3) is 4.57. The molecule has 0 amide bonds. The Hall–Kier alpha value is -2.73. The topological polar surface area (TPSA) is 55.2 Å². The van der Waals surface area contributed by atoms with E-state index in [2.05, 4.69) is 27.4 Å². The molecule has 0 radical (unpaired) electrons. The third-order valence-electron chi connectivity index (χ3n) is 5.07. The maximum Gasteiger partial charge on any atom is 0.216 e. The van der Waals surface area contributed by atoms with E-state index in [0.29, 0.717) is 17.3 Å². The lowest BCUT2D eigenvalue weighted by molar-refractivity contribution is 0.306. The molecule has 5 nitrogen and oxygen atoms in total. The second-order valence-corrected chi connectivity index (χ2v) is 7.51. The molecule has 3 aromatic rings. The van der Waals surface area contributed by atoms with E-state index in [1.54, 1.807) is 4.68 Å². The Labute approximate surface area is 170 Å². The Morgan fingerprint density at radius 3 is 2.75 bits per heavy atom. The molecular weight excluding hydrogens is 368 g/mol. The van der Waals surface area contributed by atoms with Gasteiger partial charge in [0.25, 0.3) is 0 Å². The first-order valence-corrected chi connectivity index (χ1v) is 10.2. The van der Waals surface area contributed by atoms with Crippen LogP contribution in [0.15, 0.2) is 59.7 Å². The summed E-state index contributed by atoms with van der Waals surface area (Å²) in [6.07, 6.45) is 7.91. The molecule has 0 aliphatic heterocycles. The number of aromatic nitrogens is 3. The molecule has 1 fully saturated rings. The van der Waals surface area contributed by atoms with Crippen LogP contribution in [0.2, 0.25) is 0 Å². The predicted molar refractivity (Wildman–Crippen MR) is 113 cm³/mol. The zero-order chi connectivity index (χ0) is 19.2. The lowest BCUT2D eigenvalue weighted by Gasteiger charge is -2.19. The molecule has 144 valence electrons. The van der Waals surface area contributed by atoms with E-state index in [1.165, 1.54) is 19.3 Å². The molecule has 1 heterocycles. The van der Waals surface area contributed by atoms with Crippen LogP contribution in [-0.2, 0) is 6.61 Å². The fourth-order valence-corrected chi connectivity index (χ4v) is 3.78. The molecule has 0 unspecified atom stereocenters. The first-order valence-electron chi connectivity index (χ1n) is 9.78. The quantitative estimate of drug-likeness (QED) is 0.448. The summed E-state index contributed by atoms with van der Waals surface area (Å²) in [6.45, 7) is 0.542. The smallest absolute Gasteiger partial charge is 0.216 e. The van der Waals surface area contributed by atoms with Gasteiger partial charge in [0, 0.05) is 5.92 Å². The van der Waals surface area contributed by atoms with Crippen LogP contribution in [0.3, 0.4) is 0 Å². The normalized spacial score (nSPS) is 15.1. The maximum absolute atomic E-state index is 5.90. The number of nitrogens with zero attached hydrogens (tertiary/aromatic N) is 3. The highest BCUT2D eigenvalue weighted by atomic mass is 32.1. The van der Waals surface area contributed by atoms with Crippen molar-refractivity contribution in [2.24, 2.45) is 5.10 Å². The fourth-order valence-electron chi connectivity index (χ4n) is 3.59. The summed E-state index contributed by atoms with van der Waals surface area (Å²) in [5.41, 5.74) is 2.10. The van der Waals surface area contributed by atoms with Gasteiger partial charge >= 0.3 is 0 Å². The summed E-state index contributed by atoms with van der Waals surface area (Å²) < 4.78 is 8.21. The molecule has 28 heavy (non-hydrogen) atoms. The molecule has 0 bridgehead atoms. The summed E-state index contributed by atoms with van der Waals surface area (Å²) >= 11 is 5.39. The molecular formula is C22H24N4OS. The number of benzene rings is 2. The molecule has 6 heteroatoms. The standard InChI is InChI=1S/C22H24N4OS/c28-22-25-24-21(19-11-5-2-6-12-19)26(22)23-15-18-10-7-13-20(14-18)27-16-17-8-3-1-4-9-17/h1,3-4,7-10,13-15,19H,2,5-6,11-12,16H2,(H,25,28)/b23-15+. The highest BCUT2D eigenvalue weighted by molar-refractivity contribution is 7.71. The summed E-state index contributed by atoms with van der Waals surface area (Å²) in [4.78, 5) is 0. The van der Waals surface area contributed by atoms with Crippen LogP contribution in [0, 0.1) is 4.77 Å². The minimum absolute atomic E-state index is 0.430. The van der Waals surface area contributed by atoms with Gasteiger partial charge in [0.05, 0.1) is 6.21 Å². The largest absolute Gasteiger partial charge is 0.489 e. The highest BCUT2D eigenvalue weighted by Gasteiger charge is 2.21. The van der Waals surface area contributed by atoms with Crippen molar-refractivity contribution in [3.63, 3.8) is 0 Å². The monoisotopic (exact) mass is 392 g/mol. The van der Waals surface area contributed by atoms with Gasteiger partial charge in [0.1, 0.15) is 12.4 Å². The second kappa shape index (κ2) is 8.97. The molecule has 1 aliphatic carbocycles. The van der Waals surface area contributed by atoms with Crippen LogP contribution in [-0.4, -0.2) is 21.1 Å². The fraction of sp³-hybridized carbons (Fsp3) is 0.318. The molecule has 0 saturated heterocycles. The van der Waals surface area contributed by atoms with Gasteiger partial charge < -0.3 is 4.74 Å². The number of nitrogens with one attached hydrogen (secondary N) is 1. The summed E-state index contributed by atoms with van der Waals surface area (Å²) in [6, 6.07) is 18.1. The lowest BCUT2D eigenvalue weighted by atomic mass is 9.89. The van der Waals surface area contributed by atoms with E-state index in [4.69, 9.17) is 17.0 Å². The Bertz CT molecular complexity index is 987. The van der Waals surface area contributed by atoms with Crippen molar-refractivity contribution in [3.8, 4) is 5.75 Å². The van der Waals surface area contributed by atoms with Gasteiger partial charge in [-0.3, -0.25) is 5.10 Å². The minimum Gasteiger partial charge on any atom is -0.489 e. The van der Waals surface area contributed by atoms with E-state index in [1.807, 2.05) is 48.7 Å². The van der Waals surface area contributed by atoms with Gasteiger partial charge in [0.2, 0.25) is 4.77 Å². The molecule has 4 rings (SSSR count). The van der Waals surface area contributed by atoms with Crippen molar-refractivity contribution < 1.29 is 4.74 Å². The van der Waals surface area contributed by atoms with Crippen LogP contribution in [0.1, 0.15) is 55.0 Å². The molecule has 0 spiro atoms. The molecule has 1 saturated carbocycles. The number of ether oxygens (including phenoxy) is 1. The Balaban J connectivity index is 1.48. The first-order chi connectivity index (χ1) is 13.8. The average Bonchev–Trinajstić information content (AvgIpc) is 3.13. The van der Waals surface area contributed by atoms with Crippen molar-refractivity contribution in [1.29, 1.82) is 0 Å². The van der Waals surface area contributed by atoms with Crippen LogP contribution >= 0.6 is 12.2 Å². The molecule has 2 aromatic carbocycles. The highest BCUT2D eigenvalue weighted by Crippen LogP contribution is 2.31. The van der Waals surface area contributed by atoms with Gasteiger partial charge in [-0.2, -0.15) is 14.9 Å². The number of aromatic amines is 1. The second-order valence-electron chi connectivity index (χ2n) is 7.13. The zero-order valence-electron chi connectivity index (χ0n) is 15.8. The van der Waals surface area contributed by atoms with E-state index >= 15 is 0 Å². The van der Waals surface area contributed by atoms with E-state index < -0.39 is 0 Å². The van der Waals surface area contributed by atoms with E-state index in [0.717, 1.165) is 35.5 Å². The van der Waals surface area contributed by atoms with Crippen molar-refractivity contribution in [2.75, 3.05) is 0 Å². The van der Waals surface area contributed by atoms with E-state index in [9.17, 15) is 0 Å². The SMILES string of the molecule is S=c1[nH]nc(C2CCCCC2)n1/N=C/c1cccc(OCc2ccccc2)c1. The van der Waals surface area contributed by atoms with E-state index in [-0.39, 0.29) is 0 Å². The first kappa shape index (κ1) is 18.6. The predicted octanol–water partition coefficient (Wildman–Crippen LogP) is 5.45. The zero-order valence-corrected chi connectivity index (χ0v) is 16.6. The Morgan fingerprint density at radius 2 is 1.93 bits per heavy atom. The minimum atomic E-state index is 0.430. The van der Waals surface area contributed by atoms with Crippen LogP contribution in [0.5, 0.6) is 5.75 Å². The third-order valence-corrected chi connectivity index (χ3v) is 5.34. The van der Waals surface area contributed by atoms with Crippen molar-refractivity contribution >= 4 is 18.4 Å². The maximum atomic E-state index is 5.90. The van der Waals surface area contributed by atoms with Crippen molar-refractivity contribution in [2.45, 2.75) is 44.6 Å². The van der Waals surface area contributed by atoms with Crippen molar-refractivity contribution in [3.05, 3.63) is 76.3 Å². The number of hydrogen-bond acceptors (Lipinski definition) is 4. The van der Waals surface area contributed by atoms with Crippen LogP contribution in [0.4, 0.5) is 0 Å². The van der Waals surface area contributed by atoms with Gasteiger partial charge in [0.15, 0.2) is 5.82 Å². The Morgan fingerprint density at radius 1 is 1.11 bits per heavy atom. The van der Waals surface area contributed by atoms with Crippen LogP contribution < -0.4 is 4.74 Å². The van der Waals surface area contributed by atoms with Gasteiger partial charge in [-0.05, 0) is 48.3 Å². The average molecular weight is 393 g/mol. The van der Waals surface area contributed by atoms with Crippen molar-refractivity contribution in [1.82, 2.24) is 14.9 Å². The van der Waals surface area contributed by atoms with Crippen LogP contribution in [0.25, 0.3) is 0 Å². The van der Waals surface area contributed by atoms with Gasteiger partial charge in [-0.25, -0.2) is 0 Å². The number of H-pyrrole nitrogens is 1. The number of rotatable bonds is 6. The van der Waals surface area contributed by atoms with Gasteiger partial charge in [-0.1, -0.05) is 61.7 Å². The summed E-state index contributed by atoms with van der Waals surface area (Å²) in [7, 11) is 0. The summed E-state index contributed by atoms with van der Waals surface area (Å²) in [5, 5.41) is 11.9. The molecule has 1 N–H and O–H groups in total. The lowest BCUT2D eigenvalue weighted by Crippen LogP contribution is -2.10. The molecule has 1 aromatic heterocycles.